The molecule has 0 spiro atoms. The topological polar surface area (TPSA) is 84.5 Å². The minimum absolute atomic E-state index is 0.186. The molecule has 0 aliphatic rings. The van der Waals surface area contributed by atoms with Gasteiger partial charge in [-0.25, -0.2) is 8.42 Å². The van der Waals surface area contributed by atoms with E-state index in [-0.39, 0.29) is 18.9 Å². The summed E-state index contributed by atoms with van der Waals surface area (Å²) in [6.07, 6.45) is 1.26. The van der Waals surface area contributed by atoms with Crippen molar-refractivity contribution in [2.24, 2.45) is 0 Å². The van der Waals surface area contributed by atoms with Crippen molar-refractivity contribution in [2.75, 3.05) is 22.9 Å². The minimum atomic E-state index is -3.32. The number of sulfonamides is 1. The van der Waals surface area contributed by atoms with Gasteiger partial charge in [0.05, 0.1) is 19.3 Å². The Bertz CT molecular complexity index is 790. The summed E-state index contributed by atoms with van der Waals surface area (Å²) >= 11 is 5.78. The predicted molar refractivity (Wildman–Crippen MR) is 95.1 cm³/mol. The number of carbonyl (C=O) groups excluding carboxylic acids is 1. The van der Waals surface area contributed by atoms with E-state index in [9.17, 15) is 13.2 Å². The number of anilines is 2. The molecule has 1 amide bonds. The van der Waals surface area contributed by atoms with E-state index in [0.717, 1.165) is 6.26 Å². The van der Waals surface area contributed by atoms with E-state index in [1.165, 1.54) is 0 Å². The van der Waals surface area contributed by atoms with E-state index < -0.39 is 10.0 Å². The average molecular weight is 369 g/mol. The van der Waals surface area contributed by atoms with E-state index in [0.29, 0.717) is 22.1 Å². The Morgan fingerprint density at radius 3 is 2.21 bits per heavy atom. The molecule has 2 N–H and O–H groups in total. The first-order valence-corrected chi connectivity index (χ1v) is 9.35. The second kappa shape index (κ2) is 8.03. The minimum Gasteiger partial charge on any atom is -0.493 e. The fourth-order valence-electron chi connectivity index (χ4n) is 1.85. The summed E-state index contributed by atoms with van der Waals surface area (Å²) in [6, 6.07) is 13.3. The maximum atomic E-state index is 11.8. The second-order valence-electron chi connectivity index (χ2n) is 5.05. The van der Waals surface area contributed by atoms with Crippen LogP contribution in [-0.4, -0.2) is 27.2 Å². The molecule has 6 nitrogen and oxygen atoms in total. The first-order valence-electron chi connectivity index (χ1n) is 7.08. The summed E-state index contributed by atoms with van der Waals surface area (Å²) in [7, 11) is -3.32. The first kappa shape index (κ1) is 18.1. The molecule has 0 unspecified atom stereocenters. The van der Waals surface area contributed by atoms with Crippen molar-refractivity contribution in [3.8, 4) is 5.75 Å². The number of nitrogens with one attached hydrogen (secondary N) is 2. The largest absolute Gasteiger partial charge is 0.493 e. The zero-order valence-electron chi connectivity index (χ0n) is 13.0. The lowest BCUT2D eigenvalue weighted by molar-refractivity contribution is -0.116. The van der Waals surface area contributed by atoms with Crippen molar-refractivity contribution in [1.82, 2.24) is 0 Å². The van der Waals surface area contributed by atoms with Gasteiger partial charge < -0.3 is 10.1 Å². The number of halogens is 1. The summed E-state index contributed by atoms with van der Waals surface area (Å²) in [5.41, 5.74) is 1.01. The van der Waals surface area contributed by atoms with E-state index in [1.54, 1.807) is 48.5 Å². The molecule has 8 heteroatoms. The number of carbonyl (C=O) groups is 1. The number of ether oxygens (including phenoxy) is 1. The molecule has 0 saturated heterocycles. The molecule has 2 aromatic carbocycles. The highest BCUT2D eigenvalue weighted by Gasteiger charge is 2.05. The van der Waals surface area contributed by atoms with Crippen LogP contribution in [0.1, 0.15) is 6.42 Å². The summed E-state index contributed by atoms with van der Waals surface area (Å²) in [6.45, 7) is 0.237. The van der Waals surface area contributed by atoms with Crippen molar-refractivity contribution in [3.05, 3.63) is 53.6 Å². The lowest BCUT2D eigenvalue weighted by atomic mass is 10.3. The van der Waals surface area contributed by atoms with Crippen LogP contribution in [0.15, 0.2) is 48.5 Å². The fraction of sp³-hybridized carbons (Fsp3) is 0.188. The second-order valence-corrected chi connectivity index (χ2v) is 7.24. The first-order chi connectivity index (χ1) is 11.3. The van der Waals surface area contributed by atoms with E-state index in [1.807, 2.05) is 0 Å². The van der Waals surface area contributed by atoms with Gasteiger partial charge in [0.1, 0.15) is 5.75 Å². The summed E-state index contributed by atoms with van der Waals surface area (Å²) in [5.74, 6) is 0.441. The molecule has 0 saturated carbocycles. The van der Waals surface area contributed by atoms with Gasteiger partial charge in [0.25, 0.3) is 0 Å². The highest BCUT2D eigenvalue weighted by molar-refractivity contribution is 7.92. The molecule has 0 atom stereocenters. The van der Waals surface area contributed by atoms with E-state index in [2.05, 4.69) is 10.0 Å². The van der Waals surface area contributed by atoms with Gasteiger partial charge in [-0.15, -0.1) is 0 Å². The number of benzene rings is 2. The molecule has 0 heterocycles. The Morgan fingerprint density at radius 2 is 1.62 bits per heavy atom. The van der Waals surface area contributed by atoms with Crippen molar-refractivity contribution in [3.63, 3.8) is 0 Å². The molecule has 2 aromatic rings. The molecular weight excluding hydrogens is 352 g/mol. The summed E-state index contributed by atoms with van der Waals surface area (Å²) < 4.78 is 30.0. The van der Waals surface area contributed by atoms with Crippen molar-refractivity contribution < 1.29 is 17.9 Å². The van der Waals surface area contributed by atoms with Crippen LogP contribution in [0.3, 0.4) is 0 Å². The highest BCUT2D eigenvalue weighted by Crippen LogP contribution is 2.16. The molecule has 0 aromatic heterocycles. The third-order valence-electron chi connectivity index (χ3n) is 2.88. The van der Waals surface area contributed by atoms with Crippen molar-refractivity contribution in [2.45, 2.75) is 6.42 Å². The van der Waals surface area contributed by atoms with Crippen LogP contribution >= 0.6 is 11.6 Å². The SMILES string of the molecule is CS(=O)(=O)Nc1ccc(NC(=O)CCOc2ccc(Cl)cc2)cc1. The predicted octanol–water partition coefficient (Wildman–Crippen LogP) is 3.12. The van der Waals surface area contributed by atoms with Crippen molar-refractivity contribution >= 4 is 38.9 Å². The molecule has 24 heavy (non-hydrogen) atoms. The maximum Gasteiger partial charge on any atom is 0.229 e. The zero-order chi connectivity index (χ0) is 17.6. The van der Waals surface area contributed by atoms with Crippen LogP contribution in [0, 0.1) is 0 Å². The fourth-order valence-corrected chi connectivity index (χ4v) is 2.54. The van der Waals surface area contributed by atoms with Crippen LogP contribution < -0.4 is 14.8 Å². The van der Waals surface area contributed by atoms with E-state index in [4.69, 9.17) is 16.3 Å². The lowest BCUT2D eigenvalue weighted by Gasteiger charge is -2.08. The maximum absolute atomic E-state index is 11.8. The van der Waals surface area contributed by atoms with Crippen LogP contribution in [0.25, 0.3) is 0 Å². The normalized spacial score (nSPS) is 10.9. The van der Waals surface area contributed by atoms with Gasteiger partial charge in [-0.3, -0.25) is 9.52 Å². The van der Waals surface area contributed by atoms with Crippen LogP contribution in [0.5, 0.6) is 5.75 Å². The third-order valence-corrected chi connectivity index (χ3v) is 3.74. The zero-order valence-corrected chi connectivity index (χ0v) is 14.5. The van der Waals surface area contributed by atoms with Gasteiger partial charge in [-0.05, 0) is 48.5 Å². The highest BCUT2D eigenvalue weighted by atomic mass is 35.5. The van der Waals surface area contributed by atoms with Gasteiger partial charge in [-0.1, -0.05) is 11.6 Å². The molecule has 128 valence electrons. The lowest BCUT2D eigenvalue weighted by Crippen LogP contribution is -2.15. The Labute approximate surface area is 145 Å². The number of hydrogen-bond donors (Lipinski definition) is 2. The smallest absolute Gasteiger partial charge is 0.229 e. The average Bonchev–Trinajstić information content (AvgIpc) is 2.50. The molecule has 0 bridgehead atoms. The molecular formula is C16H17ClN2O4S. The molecule has 0 aliphatic carbocycles. The Kier molecular flexibility index (Phi) is 6.05. The van der Waals surface area contributed by atoms with Gasteiger partial charge >= 0.3 is 0 Å². The quantitative estimate of drug-likeness (QED) is 0.786. The summed E-state index contributed by atoms with van der Waals surface area (Å²) in [4.78, 5) is 11.8. The monoisotopic (exact) mass is 368 g/mol. The molecule has 0 aliphatic heterocycles. The summed E-state index contributed by atoms with van der Waals surface area (Å²) in [5, 5.41) is 3.33. The van der Waals surface area contributed by atoms with Gasteiger partial charge in [0, 0.05) is 16.4 Å². The van der Waals surface area contributed by atoms with Gasteiger partial charge in [0.2, 0.25) is 15.9 Å². The number of hydrogen-bond acceptors (Lipinski definition) is 4. The molecule has 0 fully saturated rings. The Hall–Kier alpha value is -2.25. The van der Waals surface area contributed by atoms with Crippen LogP contribution in [0.2, 0.25) is 5.02 Å². The standard InChI is InChI=1S/C16H17ClN2O4S/c1-24(21,22)19-14-6-4-13(5-7-14)18-16(20)10-11-23-15-8-2-12(17)3-9-15/h2-9,19H,10-11H2,1H3,(H,18,20). The number of rotatable bonds is 7. The van der Waals surface area contributed by atoms with Gasteiger partial charge in [-0.2, -0.15) is 0 Å². The van der Waals surface area contributed by atoms with Crippen LogP contribution in [-0.2, 0) is 14.8 Å². The Morgan fingerprint density at radius 1 is 1.04 bits per heavy atom. The third kappa shape index (κ3) is 6.47. The number of amides is 1. The van der Waals surface area contributed by atoms with Crippen LogP contribution in [0.4, 0.5) is 11.4 Å². The van der Waals surface area contributed by atoms with Gasteiger partial charge in [0.15, 0.2) is 0 Å². The van der Waals surface area contributed by atoms with Crippen molar-refractivity contribution in [1.29, 1.82) is 0 Å². The molecule has 0 radical (unpaired) electrons. The Balaban J connectivity index is 1.78. The molecule has 2 rings (SSSR count). The van der Waals surface area contributed by atoms with E-state index >= 15 is 0 Å².